The van der Waals surface area contributed by atoms with Crippen LogP contribution in [0.25, 0.3) is 11.2 Å². The molecule has 0 radical (unpaired) electrons. The minimum atomic E-state index is 0.119. The number of anilines is 1. The number of hydrogen-bond acceptors (Lipinski definition) is 6. The van der Waals surface area contributed by atoms with E-state index < -0.39 is 0 Å². The van der Waals surface area contributed by atoms with Gasteiger partial charge in [-0.05, 0) is 6.92 Å². The number of nitrogen functional groups attached to an aromatic ring is 2. The smallest absolute Gasteiger partial charge is 0.247 e. The molecule has 2 rings (SSSR count). The average Bonchev–Trinajstić information content (AvgIpc) is 2.49. The second-order valence-corrected chi connectivity index (χ2v) is 2.64. The van der Waals surface area contributed by atoms with E-state index in [-0.39, 0.29) is 5.95 Å². The molecule has 0 bridgehead atoms. The molecule has 0 spiro atoms. The summed E-state index contributed by atoms with van der Waals surface area (Å²) >= 11 is 0. The molecule has 0 fully saturated rings. The summed E-state index contributed by atoms with van der Waals surface area (Å²) in [5.41, 5.74) is 6.46. The molecule has 4 N–H and O–H groups in total. The second kappa shape index (κ2) is 3.02. The van der Waals surface area contributed by atoms with Gasteiger partial charge in [-0.15, -0.1) is 0 Å². The summed E-state index contributed by atoms with van der Waals surface area (Å²) in [6.45, 7) is 2.34. The number of ether oxygens (including phenoxy) is 1. The third kappa shape index (κ3) is 1.18. The van der Waals surface area contributed by atoms with Crippen LogP contribution in [0.15, 0.2) is 6.33 Å². The maximum atomic E-state index is 5.56. The standard InChI is InChI=1S/C7H10N6O/c1-2-14-6-4-5(11-7(8)12-6)13(9)3-10-4/h3H,2,9H2,1H3,(H2,8,11,12). The molecule has 14 heavy (non-hydrogen) atoms. The summed E-state index contributed by atoms with van der Waals surface area (Å²) in [5, 5.41) is 0. The molecular weight excluding hydrogens is 184 g/mol. The van der Waals surface area contributed by atoms with Crippen molar-refractivity contribution in [2.24, 2.45) is 0 Å². The van der Waals surface area contributed by atoms with E-state index in [1.165, 1.54) is 11.0 Å². The van der Waals surface area contributed by atoms with Crippen molar-refractivity contribution in [1.29, 1.82) is 0 Å². The molecule has 0 aliphatic rings. The number of nitrogens with zero attached hydrogens (tertiary/aromatic N) is 4. The number of nitrogens with two attached hydrogens (primary N) is 2. The largest absolute Gasteiger partial charge is 0.476 e. The van der Waals surface area contributed by atoms with E-state index in [1.807, 2.05) is 6.92 Å². The maximum Gasteiger partial charge on any atom is 0.247 e. The average molecular weight is 194 g/mol. The Morgan fingerprint density at radius 3 is 3.00 bits per heavy atom. The van der Waals surface area contributed by atoms with Crippen molar-refractivity contribution in [2.75, 3.05) is 18.2 Å². The van der Waals surface area contributed by atoms with Gasteiger partial charge in [-0.1, -0.05) is 0 Å². The van der Waals surface area contributed by atoms with Crippen LogP contribution >= 0.6 is 0 Å². The molecule has 0 saturated carbocycles. The molecule has 2 aromatic rings. The van der Waals surface area contributed by atoms with Gasteiger partial charge in [0.25, 0.3) is 0 Å². The zero-order valence-electron chi connectivity index (χ0n) is 7.64. The predicted molar refractivity (Wildman–Crippen MR) is 51.1 cm³/mol. The number of hydrogen-bond donors (Lipinski definition) is 2. The van der Waals surface area contributed by atoms with Crippen LogP contribution in [0.1, 0.15) is 6.92 Å². The Morgan fingerprint density at radius 2 is 2.29 bits per heavy atom. The molecule has 0 amide bonds. The predicted octanol–water partition coefficient (Wildman–Crippen LogP) is -0.479. The summed E-state index contributed by atoms with van der Waals surface area (Å²) in [4.78, 5) is 11.9. The van der Waals surface area contributed by atoms with Crippen LogP contribution in [0.5, 0.6) is 5.88 Å². The fourth-order valence-electron chi connectivity index (χ4n) is 1.14. The first-order valence-corrected chi connectivity index (χ1v) is 4.10. The van der Waals surface area contributed by atoms with Crippen molar-refractivity contribution >= 4 is 17.1 Å². The van der Waals surface area contributed by atoms with E-state index >= 15 is 0 Å². The Labute approximate surface area is 79.7 Å². The van der Waals surface area contributed by atoms with Crippen LogP contribution in [0.4, 0.5) is 5.95 Å². The van der Waals surface area contributed by atoms with Crippen LogP contribution in [0.3, 0.4) is 0 Å². The summed E-state index contributed by atoms with van der Waals surface area (Å²) in [7, 11) is 0. The van der Waals surface area contributed by atoms with Crippen LogP contribution in [-0.4, -0.2) is 26.2 Å². The lowest BCUT2D eigenvalue weighted by molar-refractivity contribution is 0.331. The van der Waals surface area contributed by atoms with Gasteiger partial charge in [0, 0.05) is 0 Å². The Morgan fingerprint density at radius 1 is 1.50 bits per heavy atom. The number of rotatable bonds is 2. The van der Waals surface area contributed by atoms with Crippen molar-refractivity contribution in [3.63, 3.8) is 0 Å². The second-order valence-electron chi connectivity index (χ2n) is 2.64. The van der Waals surface area contributed by atoms with E-state index in [9.17, 15) is 0 Å². The van der Waals surface area contributed by atoms with Crippen LogP contribution in [0, 0.1) is 0 Å². The molecule has 0 atom stereocenters. The SMILES string of the molecule is CCOc1nc(N)nc2c1ncn2N. The van der Waals surface area contributed by atoms with Gasteiger partial charge in [-0.3, -0.25) is 0 Å². The molecule has 0 aliphatic carbocycles. The van der Waals surface area contributed by atoms with Crippen LogP contribution in [-0.2, 0) is 0 Å². The zero-order chi connectivity index (χ0) is 10.1. The molecule has 2 heterocycles. The minimum absolute atomic E-state index is 0.119. The first kappa shape index (κ1) is 8.54. The first-order chi connectivity index (χ1) is 6.72. The highest BCUT2D eigenvalue weighted by Crippen LogP contribution is 2.20. The van der Waals surface area contributed by atoms with Gasteiger partial charge in [0.1, 0.15) is 6.33 Å². The highest BCUT2D eigenvalue weighted by atomic mass is 16.5. The van der Waals surface area contributed by atoms with Crippen molar-refractivity contribution in [3.05, 3.63) is 6.33 Å². The molecule has 2 aromatic heterocycles. The van der Waals surface area contributed by atoms with Crippen LogP contribution in [0.2, 0.25) is 0 Å². The number of imidazole rings is 1. The molecular formula is C7H10N6O. The Bertz CT molecular complexity index is 464. The van der Waals surface area contributed by atoms with Gasteiger partial charge >= 0.3 is 0 Å². The summed E-state index contributed by atoms with van der Waals surface area (Å²) in [5.74, 6) is 6.04. The highest BCUT2D eigenvalue weighted by molar-refractivity contribution is 5.77. The molecule has 0 aromatic carbocycles. The molecule has 7 heteroatoms. The maximum absolute atomic E-state index is 5.56. The molecule has 0 saturated heterocycles. The Kier molecular flexibility index (Phi) is 1.84. The minimum Gasteiger partial charge on any atom is -0.476 e. The first-order valence-electron chi connectivity index (χ1n) is 4.10. The van der Waals surface area contributed by atoms with E-state index in [0.717, 1.165) is 0 Å². The number of fused-ring (bicyclic) bond motifs is 1. The van der Waals surface area contributed by atoms with Gasteiger partial charge in [0.05, 0.1) is 6.61 Å². The Hall–Kier alpha value is -2.05. The normalized spacial score (nSPS) is 10.6. The summed E-state index contributed by atoms with van der Waals surface area (Å²) in [6.07, 6.45) is 1.43. The lowest BCUT2D eigenvalue weighted by Crippen LogP contribution is -2.08. The third-order valence-corrected chi connectivity index (χ3v) is 1.69. The zero-order valence-corrected chi connectivity index (χ0v) is 7.64. The molecule has 0 unspecified atom stereocenters. The van der Waals surface area contributed by atoms with Crippen molar-refractivity contribution in [2.45, 2.75) is 6.92 Å². The summed E-state index contributed by atoms with van der Waals surface area (Å²) in [6, 6.07) is 0. The Balaban J connectivity index is 2.68. The van der Waals surface area contributed by atoms with Crippen molar-refractivity contribution in [1.82, 2.24) is 19.6 Å². The highest BCUT2D eigenvalue weighted by Gasteiger charge is 2.11. The molecule has 7 nitrogen and oxygen atoms in total. The third-order valence-electron chi connectivity index (χ3n) is 1.69. The van der Waals surface area contributed by atoms with Crippen molar-refractivity contribution < 1.29 is 4.74 Å². The van der Waals surface area contributed by atoms with E-state index in [4.69, 9.17) is 16.3 Å². The van der Waals surface area contributed by atoms with Gasteiger partial charge in [-0.25, -0.2) is 9.66 Å². The monoisotopic (exact) mass is 194 g/mol. The van der Waals surface area contributed by atoms with Gasteiger partial charge < -0.3 is 16.3 Å². The van der Waals surface area contributed by atoms with E-state index in [1.54, 1.807) is 0 Å². The van der Waals surface area contributed by atoms with E-state index in [0.29, 0.717) is 23.7 Å². The van der Waals surface area contributed by atoms with E-state index in [2.05, 4.69) is 15.0 Å². The lowest BCUT2D eigenvalue weighted by atomic mass is 10.5. The van der Waals surface area contributed by atoms with Crippen molar-refractivity contribution in [3.8, 4) is 5.88 Å². The fourth-order valence-corrected chi connectivity index (χ4v) is 1.14. The lowest BCUT2D eigenvalue weighted by Gasteiger charge is -2.02. The topological polar surface area (TPSA) is 105 Å². The van der Waals surface area contributed by atoms with Crippen LogP contribution < -0.4 is 16.3 Å². The molecule has 0 aliphatic heterocycles. The van der Waals surface area contributed by atoms with Gasteiger partial charge in [-0.2, -0.15) is 9.97 Å². The summed E-state index contributed by atoms with van der Waals surface area (Å²) < 4.78 is 6.52. The quantitative estimate of drug-likeness (QED) is 0.625. The van der Waals surface area contributed by atoms with Gasteiger partial charge in [0.2, 0.25) is 11.8 Å². The fraction of sp³-hybridized carbons (Fsp3) is 0.286. The van der Waals surface area contributed by atoms with Gasteiger partial charge in [0.15, 0.2) is 11.2 Å². The number of aromatic nitrogens is 4. The molecule has 74 valence electrons.